The van der Waals surface area contributed by atoms with E-state index in [1.807, 2.05) is 17.8 Å². The second-order valence-corrected chi connectivity index (χ2v) is 5.27. The zero-order valence-corrected chi connectivity index (χ0v) is 9.73. The van der Waals surface area contributed by atoms with E-state index in [9.17, 15) is 4.79 Å². The Morgan fingerprint density at radius 3 is 3.12 bits per heavy atom. The molecule has 1 aromatic rings. The quantitative estimate of drug-likeness (QED) is 0.806. The summed E-state index contributed by atoms with van der Waals surface area (Å²) in [4.78, 5) is 15.1. The van der Waals surface area contributed by atoms with E-state index in [4.69, 9.17) is 4.74 Å². The number of hydrogen-bond acceptors (Lipinski definition) is 3. The number of aromatic amines is 1. The topological polar surface area (TPSA) is 54.1 Å². The molecule has 2 aliphatic rings. The van der Waals surface area contributed by atoms with E-state index in [-0.39, 0.29) is 5.91 Å². The Labute approximate surface area is 98.1 Å². The van der Waals surface area contributed by atoms with Crippen LogP contribution in [0.5, 0.6) is 0 Å². The van der Waals surface area contributed by atoms with Crippen LogP contribution in [0.25, 0.3) is 0 Å². The highest BCUT2D eigenvalue weighted by Crippen LogP contribution is 2.20. The summed E-state index contributed by atoms with van der Waals surface area (Å²) >= 11 is 1.86. The van der Waals surface area contributed by atoms with Gasteiger partial charge in [0.05, 0.1) is 13.2 Å². The molecule has 0 spiro atoms. The molecule has 0 aromatic carbocycles. The van der Waals surface area contributed by atoms with Gasteiger partial charge in [-0.05, 0) is 11.6 Å². The van der Waals surface area contributed by atoms with E-state index in [2.05, 4.69) is 10.3 Å². The standard InChI is InChI=1S/C11H14N2O2S/c14-11(12-8-5-16-6-8)10-3-7-4-15-2-1-9(7)13-10/h3,8,13H,1-2,4-6H2,(H,12,14). The van der Waals surface area contributed by atoms with E-state index in [1.165, 1.54) is 0 Å². The minimum atomic E-state index is 0.0136. The smallest absolute Gasteiger partial charge is 0.267 e. The van der Waals surface area contributed by atoms with Gasteiger partial charge in [0.15, 0.2) is 0 Å². The fraction of sp³-hybridized carbons (Fsp3) is 0.545. The number of nitrogens with one attached hydrogen (secondary N) is 2. The number of fused-ring (bicyclic) bond motifs is 1. The van der Waals surface area contributed by atoms with Crippen molar-refractivity contribution in [2.24, 2.45) is 0 Å². The molecule has 0 unspecified atom stereocenters. The van der Waals surface area contributed by atoms with Gasteiger partial charge in [0.25, 0.3) is 5.91 Å². The van der Waals surface area contributed by atoms with E-state index in [0.717, 1.165) is 35.8 Å². The van der Waals surface area contributed by atoms with Gasteiger partial charge in [0.1, 0.15) is 5.69 Å². The van der Waals surface area contributed by atoms with Gasteiger partial charge in [-0.1, -0.05) is 0 Å². The van der Waals surface area contributed by atoms with Crippen LogP contribution in [0.4, 0.5) is 0 Å². The van der Waals surface area contributed by atoms with Gasteiger partial charge in [-0.15, -0.1) is 0 Å². The van der Waals surface area contributed by atoms with Crippen LogP contribution in [-0.2, 0) is 17.8 Å². The number of rotatable bonds is 2. The van der Waals surface area contributed by atoms with Crippen LogP contribution in [0.1, 0.15) is 21.7 Å². The number of thioether (sulfide) groups is 1. The van der Waals surface area contributed by atoms with Gasteiger partial charge in [-0.3, -0.25) is 4.79 Å². The second-order valence-electron chi connectivity index (χ2n) is 4.20. The summed E-state index contributed by atoms with van der Waals surface area (Å²) in [5.41, 5.74) is 2.95. The van der Waals surface area contributed by atoms with Gasteiger partial charge in [-0.25, -0.2) is 0 Å². The molecule has 0 aliphatic carbocycles. The number of ether oxygens (including phenoxy) is 1. The minimum Gasteiger partial charge on any atom is -0.376 e. The first-order valence-corrected chi connectivity index (χ1v) is 6.65. The first-order chi connectivity index (χ1) is 7.83. The van der Waals surface area contributed by atoms with Crippen molar-refractivity contribution in [1.82, 2.24) is 10.3 Å². The van der Waals surface area contributed by atoms with Crippen LogP contribution in [0.15, 0.2) is 6.07 Å². The molecule has 0 atom stereocenters. The van der Waals surface area contributed by atoms with Crippen molar-refractivity contribution in [2.45, 2.75) is 19.1 Å². The number of amides is 1. The molecule has 1 fully saturated rings. The van der Waals surface area contributed by atoms with Gasteiger partial charge in [-0.2, -0.15) is 11.8 Å². The van der Waals surface area contributed by atoms with Gasteiger partial charge in [0.2, 0.25) is 0 Å². The average molecular weight is 238 g/mol. The highest BCUT2D eigenvalue weighted by atomic mass is 32.2. The molecule has 1 amide bonds. The molecule has 1 saturated heterocycles. The predicted molar refractivity (Wildman–Crippen MR) is 62.7 cm³/mol. The molecule has 3 rings (SSSR count). The summed E-state index contributed by atoms with van der Waals surface area (Å²) in [6.07, 6.45) is 0.877. The molecule has 2 N–H and O–H groups in total. The summed E-state index contributed by atoms with van der Waals surface area (Å²) in [5, 5.41) is 3.01. The van der Waals surface area contributed by atoms with Gasteiger partial charge >= 0.3 is 0 Å². The number of aromatic nitrogens is 1. The van der Waals surface area contributed by atoms with Crippen LogP contribution >= 0.6 is 11.8 Å². The first-order valence-electron chi connectivity index (χ1n) is 5.50. The van der Waals surface area contributed by atoms with E-state index in [1.54, 1.807) is 0 Å². The van der Waals surface area contributed by atoms with Crippen molar-refractivity contribution >= 4 is 17.7 Å². The normalized spacial score (nSPS) is 20.0. The number of hydrogen-bond donors (Lipinski definition) is 2. The lowest BCUT2D eigenvalue weighted by atomic mass is 10.2. The Morgan fingerprint density at radius 1 is 1.56 bits per heavy atom. The van der Waals surface area contributed by atoms with Gasteiger partial charge in [0, 0.05) is 29.7 Å². The van der Waals surface area contributed by atoms with Crippen LogP contribution in [0.2, 0.25) is 0 Å². The molecule has 3 heterocycles. The van der Waals surface area contributed by atoms with Crippen molar-refractivity contribution < 1.29 is 9.53 Å². The molecule has 0 radical (unpaired) electrons. The third-order valence-corrected chi connectivity index (χ3v) is 4.24. The monoisotopic (exact) mass is 238 g/mol. The third kappa shape index (κ3) is 1.85. The lowest BCUT2D eigenvalue weighted by Crippen LogP contribution is -2.43. The SMILES string of the molecule is O=C(NC1CSC1)c1cc2c([nH]1)CCOC2. The van der Waals surface area contributed by atoms with Crippen LogP contribution in [0, 0.1) is 0 Å². The maximum atomic E-state index is 11.9. The average Bonchev–Trinajstić information content (AvgIpc) is 2.66. The van der Waals surface area contributed by atoms with E-state index >= 15 is 0 Å². The van der Waals surface area contributed by atoms with Crippen LogP contribution in [0.3, 0.4) is 0 Å². The molecule has 1 aromatic heterocycles. The van der Waals surface area contributed by atoms with Crippen molar-refractivity contribution in [3.05, 3.63) is 23.0 Å². The second kappa shape index (κ2) is 4.14. The lowest BCUT2D eigenvalue weighted by molar-refractivity contribution is 0.0938. The Morgan fingerprint density at radius 2 is 2.44 bits per heavy atom. The summed E-state index contributed by atoms with van der Waals surface area (Å²) in [7, 11) is 0. The molecule has 0 saturated carbocycles. The van der Waals surface area contributed by atoms with Crippen molar-refractivity contribution in [3.63, 3.8) is 0 Å². The summed E-state index contributed by atoms with van der Waals surface area (Å²) in [6.45, 7) is 1.37. The third-order valence-electron chi connectivity index (χ3n) is 2.96. The summed E-state index contributed by atoms with van der Waals surface area (Å²) in [6, 6.07) is 2.27. The molecule has 5 heteroatoms. The van der Waals surface area contributed by atoms with E-state index in [0.29, 0.717) is 18.3 Å². The zero-order valence-electron chi connectivity index (χ0n) is 8.91. The van der Waals surface area contributed by atoms with Crippen LogP contribution < -0.4 is 5.32 Å². The van der Waals surface area contributed by atoms with Crippen LogP contribution in [-0.4, -0.2) is 35.0 Å². The molecule has 16 heavy (non-hydrogen) atoms. The Bertz CT molecular complexity index is 389. The minimum absolute atomic E-state index is 0.0136. The van der Waals surface area contributed by atoms with Crippen molar-refractivity contribution in [2.75, 3.05) is 18.1 Å². The lowest BCUT2D eigenvalue weighted by Gasteiger charge is -2.25. The highest BCUT2D eigenvalue weighted by molar-refractivity contribution is 8.00. The first kappa shape index (κ1) is 10.2. The predicted octanol–water partition coefficient (Wildman–Crippen LogP) is 0.933. The zero-order chi connectivity index (χ0) is 11.0. The number of carbonyl (C=O) groups excluding carboxylic acids is 1. The Hall–Kier alpha value is -0.940. The Balaban J connectivity index is 1.72. The molecule has 2 aliphatic heterocycles. The summed E-state index contributed by atoms with van der Waals surface area (Å²) in [5.74, 6) is 2.09. The molecule has 86 valence electrons. The maximum Gasteiger partial charge on any atom is 0.267 e. The van der Waals surface area contributed by atoms with Gasteiger partial charge < -0.3 is 15.0 Å². The van der Waals surface area contributed by atoms with E-state index < -0.39 is 0 Å². The molecule has 4 nitrogen and oxygen atoms in total. The Kier molecular flexibility index (Phi) is 2.65. The number of carbonyl (C=O) groups is 1. The van der Waals surface area contributed by atoms with Crippen molar-refractivity contribution in [3.8, 4) is 0 Å². The fourth-order valence-electron chi connectivity index (χ4n) is 1.95. The highest BCUT2D eigenvalue weighted by Gasteiger charge is 2.22. The summed E-state index contributed by atoms with van der Waals surface area (Å²) < 4.78 is 5.35. The number of H-pyrrole nitrogens is 1. The fourth-order valence-corrected chi connectivity index (χ4v) is 2.59. The largest absolute Gasteiger partial charge is 0.376 e. The molecular formula is C11H14N2O2S. The molecule has 0 bridgehead atoms. The van der Waals surface area contributed by atoms with Crippen molar-refractivity contribution in [1.29, 1.82) is 0 Å². The molecular weight excluding hydrogens is 224 g/mol. The maximum absolute atomic E-state index is 11.9.